The van der Waals surface area contributed by atoms with Crippen LogP contribution in [0.1, 0.15) is 16.7 Å². The van der Waals surface area contributed by atoms with E-state index in [1.54, 1.807) is 25.4 Å². The minimum absolute atomic E-state index is 0.196. The van der Waals surface area contributed by atoms with Crippen LogP contribution in [0.25, 0.3) is 11.7 Å². The third-order valence-corrected chi connectivity index (χ3v) is 7.03. The maximum atomic E-state index is 13.5. The van der Waals surface area contributed by atoms with Crippen LogP contribution in [0.2, 0.25) is 0 Å². The minimum atomic E-state index is -0.283. The summed E-state index contributed by atoms with van der Waals surface area (Å²) in [4.78, 5) is 33.1. The Balaban J connectivity index is 1.53. The molecule has 1 saturated heterocycles. The van der Waals surface area contributed by atoms with Crippen molar-refractivity contribution in [3.63, 3.8) is 0 Å². The van der Waals surface area contributed by atoms with Crippen molar-refractivity contribution < 1.29 is 19.0 Å². The summed E-state index contributed by atoms with van der Waals surface area (Å²) in [6.45, 7) is 3.19. The molecular weight excluding hydrogens is 488 g/mol. The number of methoxy groups -OCH3 is 1. The van der Waals surface area contributed by atoms with Crippen LogP contribution in [-0.4, -0.2) is 51.6 Å². The van der Waals surface area contributed by atoms with Gasteiger partial charge in [-0.25, -0.2) is 4.98 Å². The van der Waals surface area contributed by atoms with Gasteiger partial charge < -0.3 is 19.5 Å². The van der Waals surface area contributed by atoms with Gasteiger partial charge in [0.1, 0.15) is 15.8 Å². The Labute approximate surface area is 210 Å². The first kappa shape index (κ1) is 23.3. The summed E-state index contributed by atoms with van der Waals surface area (Å²) >= 11 is 6.53. The van der Waals surface area contributed by atoms with Gasteiger partial charge in [-0.2, -0.15) is 0 Å². The van der Waals surface area contributed by atoms with Crippen molar-refractivity contribution in [3.05, 3.63) is 68.5 Å². The molecule has 0 bridgehead atoms. The maximum Gasteiger partial charge on any atom is 0.267 e. The molecule has 0 saturated carbocycles. The Morgan fingerprint density at radius 1 is 1.26 bits per heavy atom. The molecule has 0 atom stereocenters. The van der Waals surface area contributed by atoms with Crippen molar-refractivity contribution >= 4 is 51.7 Å². The molecule has 0 unspecified atom stereocenters. The van der Waals surface area contributed by atoms with Gasteiger partial charge in [-0.05, 0) is 42.3 Å². The summed E-state index contributed by atoms with van der Waals surface area (Å²) in [5.74, 6) is 1.49. The molecule has 1 aromatic carbocycles. The second-order valence-corrected chi connectivity index (χ2v) is 9.61. The highest BCUT2D eigenvalue weighted by Gasteiger charge is 2.32. The number of nitrogens with zero attached hydrogens (tertiary/aromatic N) is 3. The summed E-state index contributed by atoms with van der Waals surface area (Å²) in [6.07, 6.45) is 3.23. The number of pyridine rings is 1. The molecular formula is C24H22N4O5S2. The zero-order valence-electron chi connectivity index (χ0n) is 19.1. The summed E-state index contributed by atoms with van der Waals surface area (Å²) < 4.78 is 17.8. The van der Waals surface area contributed by atoms with Gasteiger partial charge in [-0.15, -0.1) is 0 Å². The van der Waals surface area contributed by atoms with Crippen LogP contribution in [0.15, 0.2) is 46.2 Å². The molecule has 2 aliphatic heterocycles. The SMILES string of the molecule is COCCN1C(=O)/C(=C/c2c(NCc3ccc4c(c3)OCO4)nc3c(C)cccn3c2=O)SC1=S. The number of nitrogens with one attached hydrogen (secondary N) is 1. The number of ether oxygens (including phenoxy) is 3. The maximum absolute atomic E-state index is 13.5. The van der Waals surface area contributed by atoms with Gasteiger partial charge in [0.25, 0.3) is 11.5 Å². The molecule has 2 aliphatic rings. The first-order valence-corrected chi connectivity index (χ1v) is 12.1. The predicted octanol–water partition coefficient (Wildman–Crippen LogP) is 3.19. The van der Waals surface area contributed by atoms with Crippen LogP contribution in [0.3, 0.4) is 0 Å². The van der Waals surface area contributed by atoms with Gasteiger partial charge >= 0.3 is 0 Å². The molecule has 1 fully saturated rings. The molecule has 1 amide bonds. The lowest BCUT2D eigenvalue weighted by Gasteiger charge is -2.13. The van der Waals surface area contributed by atoms with Gasteiger partial charge in [-0.3, -0.25) is 18.9 Å². The van der Waals surface area contributed by atoms with Gasteiger partial charge in [-0.1, -0.05) is 36.1 Å². The molecule has 180 valence electrons. The monoisotopic (exact) mass is 510 g/mol. The number of rotatable bonds is 7. The third kappa shape index (κ3) is 4.49. The van der Waals surface area contributed by atoms with E-state index >= 15 is 0 Å². The highest BCUT2D eigenvalue weighted by molar-refractivity contribution is 8.26. The van der Waals surface area contributed by atoms with Gasteiger partial charge in [0.2, 0.25) is 6.79 Å². The Kier molecular flexibility index (Phi) is 6.46. The Hall–Kier alpha value is -3.41. The molecule has 2 aromatic heterocycles. The molecule has 4 heterocycles. The van der Waals surface area contributed by atoms with E-state index in [0.717, 1.165) is 22.9 Å². The fraction of sp³-hybridized carbons (Fsp3) is 0.250. The van der Waals surface area contributed by atoms with Crippen LogP contribution in [0, 0.1) is 6.92 Å². The van der Waals surface area contributed by atoms with Gasteiger partial charge in [0.15, 0.2) is 11.5 Å². The van der Waals surface area contributed by atoms with Crippen LogP contribution in [0.4, 0.5) is 5.82 Å². The number of hydrogen-bond donors (Lipinski definition) is 1. The van der Waals surface area contributed by atoms with Crippen LogP contribution >= 0.6 is 24.0 Å². The van der Waals surface area contributed by atoms with E-state index in [4.69, 9.17) is 31.4 Å². The number of benzene rings is 1. The number of anilines is 1. The summed E-state index contributed by atoms with van der Waals surface area (Å²) in [5.41, 5.74) is 2.32. The van der Waals surface area contributed by atoms with Crippen LogP contribution < -0.4 is 20.3 Å². The van der Waals surface area contributed by atoms with Crippen molar-refractivity contribution in [1.29, 1.82) is 0 Å². The zero-order chi connectivity index (χ0) is 24.5. The normalized spacial score (nSPS) is 16.1. The average molecular weight is 511 g/mol. The lowest BCUT2D eigenvalue weighted by Crippen LogP contribution is -2.31. The van der Waals surface area contributed by atoms with Crippen molar-refractivity contribution in [2.45, 2.75) is 13.5 Å². The Morgan fingerprint density at radius 2 is 2.09 bits per heavy atom. The number of carbonyl (C=O) groups excluding carboxylic acids is 1. The molecule has 0 radical (unpaired) electrons. The fourth-order valence-corrected chi connectivity index (χ4v) is 5.11. The van der Waals surface area contributed by atoms with E-state index in [9.17, 15) is 9.59 Å². The number of thioether (sulfide) groups is 1. The van der Waals surface area contributed by atoms with E-state index in [1.807, 2.05) is 31.2 Å². The molecule has 0 spiro atoms. The van der Waals surface area contributed by atoms with Gasteiger partial charge in [0.05, 0.1) is 23.6 Å². The third-order valence-electron chi connectivity index (χ3n) is 5.65. The van der Waals surface area contributed by atoms with E-state index in [0.29, 0.717) is 51.9 Å². The standard InChI is InChI=1S/C24H22N4O5S2/c1-14-4-3-7-27-21(14)26-20(25-12-15-5-6-17-18(10-15)33-13-32-17)16(22(27)29)11-19-23(30)28(8-9-31-2)24(34)35-19/h3-7,10-11,25H,8-9,12-13H2,1-2H3/b19-11-. The molecule has 1 N–H and O–H groups in total. The zero-order valence-corrected chi connectivity index (χ0v) is 20.7. The Morgan fingerprint density at radius 3 is 2.91 bits per heavy atom. The minimum Gasteiger partial charge on any atom is -0.454 e. The fourth-order valence-electron chi connectivity index (χ4n) is 3.82. The highest BCUT2D eigenvalue weighted by atomic mass is 32.2. The molecule has 11 heteroatoms. The molecule has 3 aromatic rings. The van der Waals surface area contributed by atoms with Crippen molar-refractivity contribution in [2.24, 2.45) is 0 Å². The van der Waals surface area contributed by atoms with Crippen molar-refractivity contribution in [1.82, 2.24) is 14.3 Å². The first-order chi connectivity index (χ1) is 17.0. The summed E-state index contributed by atoms with van der Waals surface area (Å²) in [6, 6.07) is 9.33. The topological polar surface area (TPSA) is 94.4 Å². The largest absolute Gasteiger partial charge is 0.454 e. The molecule has 5 rings (SSSR count). The number of fused-ring (bicyclic) bond motifs is 2. The van der Waals surface area contributed by atoms with Crippen LogP contribution in [0.5, 0.6) is 11.5 Å². The number of aromatic nitrogens is 2. The predicted molar refractivity (Wildman–Crippen MR) is 138 cm³/mol. The average Bonchev–Trinajstić information content (AvgIpc) is 3.42. The number of hydrogen-bond acceptors (Lipinski definition) is 9. The van der Waals surface area contributed by atoms with Gasteiger partial charge in [0, 0.05) is 19.9 Å². The summed E-state index contributed by atoms with van der Waals surface area (Å²) in [5, 5.41) is 3.27. The molecule has 0 aliphatic carbocycles. The number of thiocarbonyl (C=S) groups is 1. The second kappa shape index (κ2) is 9.68. The quantitative estimate of drug-likeness (QED) is 0.380. The van der Waals surface area contributed by atoms with E-state index in [1.165, 1.54) is 9.30 Å². The highest BCUT2D eigenvalue weighted by Crippen LogP contribution is 2.34. The van der Waals surface area contributed by atoms with Crippen LogP contribution in [-0.2, 0) is 16.1 Å². The van der Waals surface area contributed by atoms with E-state index in [-0.39, 0.29) is 23.8 Å². The first-order valence-electron chi connectivity index (χ1n) is 10.8. The second-order valence-electron chi connectivity index (χ2n) is 7.93. The Bertz CT molecular complexity index is 1440. The van der Waals surface area contributed by atoms with E-state index < -0.39 is 0 Å². The lowest BCUT2D eigenvalue weighted by molar-refractivity contribution is -0.122. The van der Waals surface area contributed by atoms with Crippen molar-refractivity contribution in [2.75, 3.05) is 32.4 Å². The number of aryl methyl sites for hydroxylation is 1. The summed E-state index contributed by atoms with van der Waals surface area (Å²) in [7, 11) is 1.56. The lowest BCUT2D eigenvalue weighted by atomic mass is 10.2. The van der Waals surface area contributed by atoms with E-state index in [2.05, 4.69) is 5.32 Å². The van der Waals surface area contributed by atoms with Crippen molar-refractivity contribution in [3.8, 4) is 11.5 Å². The smallest absolute Gasteiger partial charge is 0.267 e. The molecule has 9 nitrogen and oxygen atoms in total. The molecule has 35 heavy (non-hydrogen) atoms. The number of carbonyl (C=O) groups is 1. The number of amides is 1.